The Morgan fingerprint density at radius 2 is 1.94 bits per heavy atom. The average Bonchev–Trinajstić information content (AvgIpc) is 2.89. The van der Waals surface area contributed by atoms with E-state index in [9.17, 15) is 14.7 Å². The molecule has 3 N–H and O–H groups in total. The highest BCUT2D eigenvalue weighted by atomic mass is 16.5. The summed E-state index contributed by atoms with van der Waals surface area (Å²) in [5, 5.41) is 15.5. The Morgan fingerprint density at radius 1 is 1.17 bits per heavy atom. The summed E-state index contributed by atoms with van der Waals surface area (Å²) in [5.41, 5.74) is 0.613. The molecule has 1 fully saturated rings. The number of nitrogens with one attached hydrogen (secondary N) is 2. The van der Waals surface area contributed by atoms with E-state index >= 15 is 0 Å². The standard InChI is InChI=1S/C25H31N3O7/c1-32-25(9-13-33-14-10-25)24(31)28-20(23(29)30)16-17-2-5-19(6-3-17)34-12-8-18-4-7-21-22(27-18)26-11-15-35-21/h2-7,20H,8-16H2,1H3,(H,26,27)(H,28,31)(H,29,30)/t20-/m0/s1. The zero-order chi connectivity index (χ0) is 24.7. The van der Waals surface area contributed by atoms with Crippen LogP contribution in [0.15, 0.2) is 36.4 Å². The van der Waals surface area contributed by atoms with E-state index in [-0.39, 0.29) is 6.42 Å². The first-order valence-corrected chi connectivity index (χ1v) is 11.7. The number of aromatic nitrogens is 1. The van der Waals surface area contributed by atoms with Gasteiger partial charge in [-0.05, 0) is 29.8 Å². The number of methoxy groups -OCH3 is 1. The molecule has 0 saturated carbocycles. The number of amides is 1. The molecule has 4 rings (SSSR count). The van der Waals surface area contributed by atoms with Crippen molar-refractivity contribution in [3.05, 3.63) is 47.7 Å². The zero-order valence-electron chi connectivity index (χ0n) is 19.7. The van der Waals surface area contributed by atoms with Gasteiger partial charge in [0, 0.05) is 51.7 Å². The highest BCUT2D eigenvalue weighted by molar-refractivity contribution is 5.89. The number of pyridine rings is 1. The summed E-state index contributed by atoms with van der Waals surface area (Å²) in [6, 6.07) is 9.95. The number of anilines is 1. The number of nitrogens with zero attached hydrogens (tertiary/aromatic N) is 1. The number of benzene rings is 1. The monoisotopic (exact) mass is 485 g/mol. The molecule has 1 aromatic carbocycles. The lowest BCUT2D eigenvalue weighted by atomic mass is 9.92. The van der Waals surface area contributed by atoms with E-state index in [0.29, 0.717) is 51.4 Å². The number of carbonyl (C=O) groups is 2. The molecule has 2 aromatic rings. The van der Waals surface area contributed by atoms with Gasteiger partial charge in [0.25, 0.3) is 5.91 Å². The molecule has 3 heterocycles. The number of aliphatic carboxylic acids is 1. The molecule has 0 radical (unpaired) electrons. The predicted octanol–water partition coefficient (Wildman–Crippen LogP) is 1.81. The van der Waals surface area contributed by atoms with Gasteiger partial charge >= 0.3 is 5.97 Å². The summed E-state index contributed by atoms with van der Waals surface area (Å²) in [4.78, 5) is 29.2. The second kappa shape index (κ2) is 11.4. The first-order valence-electron chi connectivity index (χ1n) is 11.7. The molecular weight excluding hydrogens is 454 g/mol. The molecule has 10 nitrogen and oxygen atoms in total. The highest BCUT2D eigenvalue weighted by Gasteiger charge is 2.41. The third-order valence-corrected chi connectivity index (χ3v) is 6.27. The van der Waals surface area contributed by atoms with Gasteiger partial charge < -0.3 is 34.7 Å². The fourth-order valence-electron chi connectivity index (χ4n) is 4.15. The number of fused-ring (bicyclic) bond motifs is 1. The van der Waals surface area contributed by atoms with Gasteiger partial charge in [0.2, 0.25) is 0 Å². The molecular formula is C25H31N3O7. The minimum Gasteiger partial charge on any atom is -0.493 e. The maximum Gasteiger partial charge on any atom is 0.326 e. The van der Waals surface area contributed by atoms with E-state index in [4.69, 9.17) is 18.9 Å². The van der Waals surface area contributed by atoms with Gasteiger partial charge in [-0.2, -0.15) is 0 Å². The van der Waals surface area contributed by atoms with Gasteiger partial charge in [0.1, 0.15) is 18.4 Å². The molecule has 188 valence electrons. The van der Waals surface area contributed by atoms with Gasteiger partial charge in [0.15, 0.2) is 17.2 Å². The van der Waals surface area contributed by atoms with Crippen LogP contribution in [0.4, 0.5) is 5.82 Å². The van der Waals surface area contributed by atoms with Gasteiger partial charge in [-0.15, -0.1) is 0 Å². The smallest absolute Gasteiger partial charge is 0.326 e. The Balaban J connectivity index is 1.29. The molecule has 1 atom stereocenters. The van der Waals surface area contributed by atoms with E-state index < -0.39 is 23.5 Å². The van der Waals surface area contributed by atoms with Gasteiger partial charge in [0.05, 0.1) is 13.2 Å². The Morgan fingerprint density at radius 3 is 2.66 bits per heavy atom. The van der Waals surface area contributed by atoms with Gasteiger partial charge in [-0.25, -0.2) is 9.78 Å². The van der Waals surface area contributed by atoms with Crippen molar-refractivity contribution in [2.24, 2.45) is 0 Å². The van der Waals surface area contributed by atoms with Crippen molar-refractivity contribution in [3.63, 3.8) is 0 Å². The maximum atomic E-state index is 12.8. The third kappa shape index (κ3) is 6.20. The number of carboxylic acids is 1. The van der Waals surface area contributed by atoms with Crippen LogP contribution in [0.5, 0.6) is 11.5 Å². The zero-order valence-corrected chi connectivity index (χ0v) is 19.7. The topological polar surface area (TPSA) is 128 Å². The lowest BCUT2D eigenvalue weighted by Gasteiger charge is -2.35. The fraction of sp³-hybridized carbons (Fsp3) is 0.480. The van der Waals surface area contributed by atoms with Crippen LogP contribution in [0, 0.1) is 0 Å². The molecule has 35 heavy (non-hydrogen) atoms. The molecule has 2 aliphatic rings. The number of hydrogen-bond acceptors (Lipinski definition) is 8. The molecule has 0 bridgehead atoms. The summed E-state index contributed by atoms with van der Waals surface area (Å²) in [6.45, 7) is 2.61. The first kappa shape index (κ1) is 24.7. The van der Waals surface area contributed by atoms with Crippen molar-refractivity contribution in [3.8, 4) is 11.5 Å². The average molecular weight is 486 g/mol. The molecule has 1 saturated heterocycles. The van der Waals surface area contributed by atoms with Crippen LogP contribution < -0.4 is 20.1 Å². The molecule has 0 unspecified atom stereocenters. The Labute approximate surface area is 203 Å². The number of ether oxygens (including phenoxy) is 4. The van der Waals surface area contributed by atoms with Crippen LogP contribution in [-0.4, -0.2) is 73.7 Å². The largest absolute Gasteiger partial charge is 0.493 e. The molecule has 2 aliphatic heterocycles. The molecule has 0 spiro atoms. The summed E-state index contributed by atoms with van der Waals surface area (Å²) >= 11 is 0. The summed E-state index contributed by atoms with van der Waals surface area (Å²) in [5.74, 6) is 0.663. The van der Waals surface area contributed by atoms with Gasteiger partial charge in [-0.1, -0.05) is 12.1 Å². The van der Waals surface area contributed by atoms with E-state index in [2.05, 4.69) is 15.6 Å². The van der Waals surface area contributed by atoms with E-state index in [1.54, 1.807) is 24.3 Å². The molecule has 1 aromatic heterocycles. The molecule has 10 heteroatoms. The quantitative estimate of drug-likeness (QED) is 0.462. The number of carbonyl (C=O) groups excluding carboxylic acids is 1. The fourth-order valence-corrected chi connectivity index (χ4v) is 4.15. The Bertz CT molecular complexity index is 1020. The van der Waals surface area contributed by atoms with Crippen molar-refractivity contribution < 1.29 is 33.6 Å². The molecule has 1 amide bonds. The number of hydrogen-bond donors (Lipinski definition) is 3. The maximum absolute atomic E-state index is 12.8. The summed E-state index contributed by atoms with van der Waals surface area (Å²) in [6.07, 6.45) is 1.56. The number of carboxylic acid groups (broad SMARTS) is 1. The van der Waals surface area contributed by atoms with Crippen LogP contribution in [0.3, 0.4) is 0 Å². The summed E-state index contributed by atoms with van der Waals surface area (Å²) in [7, 11) is 1.46. The highest BCUT2D eigenvalue weighted by Crippen LogP contribution is 2.26. The van der Waals surface area contributed by atoms with Crippen LogP contribution in [0.2, 0.25) is 0 Å². The van der Waals surface area contributed by atoms with Gasteiger partial charge in [-0.3, -0.25) is 4.79 Å². The number of rotatable bonds is 10. The van der Waals surface area contributed by atoms with E-state index in [0.717, 1.165) is 29.4 Å². The van der Waals surface area contributed by atoms with Crippen molar-refractivity contribution in [2.45, 2.75) is 37.3 Å². The molecule has 0 aliphatic carbocycles. The lowest BCUT2D eigenvalue weighted by molar-refractivity contribution is -0.158. The minimum absolute atomic E-state index is 0.145. The van der Waals surface area contributed by atoms with E-state index in [1.165, 1.54) is 7.11 Å². The Hall–Kier alpha value is -3.37. The first-order chi connectivity index (χ1) is 17.0. The van der Waals surface area contributed by atoms with Crippen LogP contribution >= 0.6 is 0 Å². The second-order valence-electron chi connectivity index (χ2n) is 8.55. The minimum atomic E-state index is -1.10. The van der Waals surface area contributed by atoms with Crippen LogP contribution in [0.25, 0.3) is 0 Å². The normalized spacial score (nSPS) is 17.3. The van der Waals surface area contributed by atoms with E-state index in [1.807, 2.05) is 12.1 Å². The predicted molar refractivity (Wildman–Crippen MR) is 127 cm³/mol. The SMILES string of the molecule is COC1(C(=O)N[C@@H](Cc2ccc(OCCc3ccc4c(n3)NCCO4)cc2)C(=O)O)CCOCC1. The van der Waals surface area contributed by atoms with Crippen LogP contribution in [-0.2, 0) is 31.9 Å². The third-order valence-electron chi connectivity index (χ3n) is 6.27. The Kier molecular flexibility index (Phi) is 8.04. The van der Waals surface area contributed by atoms with Crippen molar-refractivity contribution >= 4 is 17.7 Å². The van der Waals surface area contributed by atoms with Crippen molar-refractivity contribution in [2.75, 3.05) is 45.4 Å². The van der Waals surface area contributed by atoms with Crippen molar-refractivity contribution in [1.29, 1.82) is 0 Å². The van der Waals surface area contributed by atoms with Crippen LogP contribution in [0.1, 0.15) is 24.1 Å². The second-order valence-corrected chi connectivity index (χ2v) is 8.55. The van der Waals surface area contributed by atoms with Crippen molar-refractivity contribution in [1.82, 2.24) is 10.3 Å². The summed E-state index contributed by atoms with van der Waals surface area (Å²) < 4.78 is 22.1. The lowest BCUT2D eigenvalue weighted by Crippen LogP contribution is -2.56.